The van der Waals surface area contributed by atoms with Crippen molar-refractivity contribution in [3.8, 4) is 34.0 Å². The van der Waals surface area contributed by atoms with Gasteiger partial charge in [-0.05, 0) is 48.7 Å². The van der Waals surface area contributed by atoms with Gasteiger partial charge in [-0.1, -0.05) is 12.1 Å². The minimum Gasteiger partial charge on any atom is -0.465 e. The number of aromatic nitrogens is 5. The fourth-order valence-electron chi connectivity index (χ4n) is 4.92. The van der Waals surface area contributed by atoms with Gasteiger partial charge < -0.3 is 14.4 Å². The normalized spacial score (nSPS) is 14.0. The van der Waals surface area contributed by atoms with Crippen molar-refractivity contribution < 1.29 is 23.1 Å². The van der Waals surface area contributed by atoms with Crippen molar-refractivity contribution in [2.45, 2.75) is 25.4 Å². The van der Waals surface area contributed by atoms with E-state index in [4.69, 9.17) is 9.52 Å². The van der Waals surface area contributed by atoms with Crippen LogP contribution in [0.5, 0.6) is 0 Å². The van der Waals surface area contributed by atoms with Crippen LogP contribution in [0.4, 0.5) is 13.6 Å². The topological polar surface area (TPSA) is 119 Å². The van der Waals surface area contributed by atoms with Crippen molar-refractivity contribution in [3.05, 3.63) is 101 Å². The first-order valence-electron chi connectivity index (χ1n) is 12.9. The second kappa shape index (κ2) is 10.8. The van der Waals surface area contributed by atoms with Crippen molar-refractivity contribution in [1.29, 1.82) is 0 Å². The van der Waals surface area contributed by atoms with Crippen LogP contribution in [-0.2, 0) is 6.54 Å². The van der Waals surface area contributed by atoms with Gasteiger partial charge in [-0.2, -0.15) is 10.2 Å². The van der Waals surface area contributed by atoms with Gasteiger partial charge >= 0.3 is 6.09 Å². The fourth-order valence-corrected chi connectivity index (χ4v) is 4.92. The minimum absolute atomic E-state index is 0.105. The number of hydrogen-bond donors (Lipinski definition) is 1. The third-order valence-electron chi connectivity index (χ3n) is 7.03. The Hall–Kier alpha value is -5.13. The Morgan fingerprint density at radius 3 is 2.51 bits per heavy atom. The van der Waals surface area contributed by atoms with E-state index in [9.17, 15) is 18.4 Å². The molecular weight excluding hydrogens is 534 g/mol. The zero-order valence-electron chi connectivity index (χ0n) is 21.7. The number of oxazole rings is 1. The van der Waals surface area contributed by atoms with Gasteiger partial charge in [0, 0.05) is 42.5 Å². The van der Waals surface area contributed by atoms with Crippen LogP contribution >= 0.6 is 0 Å². The van der Waals surface area contributed by atoms with Gasteiger partial charge in [0.05, 0.1) is 36.2 Å². The van der Waals surface area contributed by atoms with Crippen LogP contribution < -0.4 is 5.56 Å². The van der Waals surface area contributed by atoms with Gasteiger partial charge in [-0.15, -0.1) is 0 Å². The molecule has 6 rings (SSSR count). The number of piperidine rings is 1. The molecule has 3 aromatic heterocycles. The Labute approximate surface area is 232 Å². The summed E-state index contributed by atoms with van der Waals surface area (Å²) in [4.78, 5) is 29.5. The van der Waals surface area contributed by atoms with Gasteiger partial charge in [0.15, 0.2) is 5.76 Å². The Bertz CT molecular complexity index is 1770. The SMILES string of the molecule is O=C(O)N1CCC(n2cc(-c3cnc(-c4cccc(Cn5nc(-c6cc(F)cc(F)c6)ccc5=O)c4)o3)cn2)CC1. The molecule has 0 radical (unpaired) electrons. The highest BCUT2D eigenvalue weighted by molar-refractivity contribution is 5.65. The van der Waals surface area contributed by atoms with Crippen LogP contribution in [0.3, 0.4) is 0 Å². The Morgan fingerprint density at radius 2 is 1.76 bits per heavy atom. The molecule has 2 aromatic carbocycles. The smallest absolute Gasteiger partial charge is 0.407 e. The molecule has 1 aliphatic rings. The molecule has 208 valence electrons. The summed E-state index contributed by atoms with van der Waals surface area (Å²) in [7, 11) is 0. The van der Waals surface area contributed by atoms with Crippen molar-refractivity contribution >= 4 is 6.09 Å². The molecule has 0 atom stereocenters. The van der Waals surface area contributed by atoms with E-state index in [1.54, 1.807) is 12.4 Å². The highest BCUT2D eigenvalue weighted by Crippen LogP contribution is 2.29. The van der Waals surface area contributed by atoms with Gasteiger partial charge in [0.1, 0.15) is 11.6 Å². The number of rotatable bonds is 6. The molecule has 0 saturated carbocycles. The number of likely N-dealkylation sites (tertiary alicyclic amines) is 1. The minimum atomic E-state index is -0.903. The average Bonchev–Trinajstić information content (AvgIpc) is 3.65. The second-order valence-electron chi connectivity index (χ2n) is 9.81. The molecule has 41 heavy (non-hydrogen) atoms. The maximum absolute atomic E-state index is 13.7. The van der Waals surface area contributed by atoms with Crippen LogP contribution in [0.15, 0.2) is 82.4 Å². The highest BCUT2D eigenvalue weighted by atomic mass is 19.1. The van der Waals surface area contributed by atoms with Crippen molar-refractivity contribution in [3.63, 3.8) is 0 Å². The fraction of sp³-hybridized carbons (Fsp3) is 0.207. The maximum atomic E-state index is 13.7. The number of carbonyl (C=O) groups is 1. The lowest BCUT2D eigenvalue weighted by atomic mass is 10.1. The molecule has 1 N–H and O–H groups in total. The lowest BCUT2D eigenvalue weighted by Gasteiger charge is -2.29. The van der Waals surface area contributed by atoms with Crippen LogP contribution in [0, 0.1) is 11.6 Å². The molecule has 1 fully saturated rings. The average molecular weight is 559 g/mol. The molecule has 1 amide bonds. The molecule has 0 spiro atoms. The quantitative estimate of drug-likeness (QED) is 0.309. The largest absolute Gasteiger partial charge is 0.465 e. The first-order chi connectivity index (χ1) is 19.8. The molecule has 10 nitrogen and oxygen atoms in total. The summed E-state index contributed by atoms with van der Waals surface area (Å²) < 4.78 is 36.5. The molecular formula is C29H24F2N6O4. The summed E-state index contributed by atoms with van der Waals surface area (Å²) >= 11 is 0. The van der Waals surface area contributed by atoms with E-state index in [1.165, 1.54) is 21.7 Å². The molecule has 12 heteroatoms. The summed E-state index contributed by atoms with van der Waals surface area (Å²) in [5, 5.41) is 17.9. The first-order valence-corrected chi connectivity index (χ1v) is 12.9. The summed E-state index contributed by atoms with van der Waals surface area (Å²) in [5.74, 6) is -0.543. The summed E-state index contributed by atoms with van der Waals surface area (Å²) in [6, 6.07) is 13.2. The van der Waals surface area contributed by atoms with Crippen molar-refractivity contribution in [2.24, 2.45) is 0 Å². The van der Waals surface area contributed by atoms with Crippen LogP contribution in [-0.4, -0.2) is 53.7 Å². The third-order valence-corrected chi connectivity index (χ3v) is 7.03. The van der Waals surface area contributed by atoms with E-state index in [1.807, 2.05) is 35.1 Å². The molecule has 1 aliphatic heterocycles. The van der Waals surface area contributed by atoms with Gasteiger partial charge in [-0.25, -0.2) is 23.2 Å². The molecule has 5 aromatic rings. The molecule has 0 aliphatic carbocycles. The number of halogens is 2. The number of hydrogen-bond acceptors (Lipinski definition) is 6. The molecule has 0 unspecified atom stereocenters. The number of carboxylic acid groups (broad SMARTS) is 1. The molecule has 0 bridgehead atoms. The van der Waals surface area contributed by atoms with Crippen molar-refractivity contribution in [2.75, 3.05) is 13.1 Å². The van der Waals surface area contributed by atoms with Crippen molar-refractivity contribution in [1.82, 2.24) is 29.4 Å². The number of amides is 1. The molecule has 4 heterocycles. The Balaban J connectivity index is 1.19. The van der Waals surface area contributed by atoms with Gasteiger partial charge in [0.25, 0.3) is 5.56 Å². The second-order valence-corrected chi connectivity index (χ2v) is 9.81. The van der Waals surface area contributed by atoms with Crippen LogP contribution in [0.25, 0.3) is 34.0 Å². The predicted molar refractivity (Wildman–Crippen MR) is 144 cm³/mol. The first kappa shape index (κ1) is 26.1. The van der Waals surface area contributed by atoms with E-state index in [0.717, 1.165) is 29.3 Å². The standard InChI is InChI=1S/C29H24F2N6O4/c30-22-11-20(12-23(31)13-22)25-4-5-27(38)37(34-25)16-18-2-1-3-19(10-18)28-32-15-26(41-28)21-14-33-36(17-21)24-6-8-35(9-7-24)29(39)40/h1-5,10-15,17,24H,6-9,16H2,(H,39,40). The number of nitrogens with zero attached hydrogens (tertiary/aromatic N) is 6. The number of benzene rings is 2. The van der Waals surface area contributed by atoms with E-state index in [2.05, 4.69) is 15.2 Å². The Morgan fingerprint density at radius 1 is 0.976 bits per heavy atom. The predicted octanol–water partition coefficient (Wildman–Crippen LogP) is 5.07. The molecule has 1 saturated heterocycles. The zero-order chi connectivity index (χ0) is 28.5. The summed E-state index contributed by atoms with van der Waals surface area (Å²) in [5.41, 5.74) is 2.33. The summed E-state index contributed by atoms with van der Waals surface area (Å²) in [6.07, 6.45) is 5.64. The van der Waals surface area contributed by atoms with Gasteiger partial charge in [-0.3, -0.25) is 9.48 Å². The van der Waals surface area contributed by atoms with E-state index in [0.29, 0.717) is 43.1 Å². The van der Waals surface area contributed by atoms with E-state index >= 15 is 0 Å². The lowest BCUT2D eigenvalue weighted by molar-refractivity contribution is 0.124. The van der Waals surface area contributed by atoms with Gasteiger partial charge in [0.2, 0.25) is 5.89 Å². The van der Waals surface area contributed by atoms with Crippen LogP contribution in [0.1, 0.15) is 24.4 Å². The monoisotopic (exact) mass is 558 g/mol. The zero-order valence-corrected chi connectivity index (χ0v) is 21.7. The highest BCUT2D eigenvalue weighted by Gasteiger charge is 2.24. The van der Waals surface area contributed by atoms with E-state index < -0.39 is 17.7 Å². The lowest BCUT2D eigenvalue weighted by Crippen LogP contribution is -2.38. The third kappa shape index (κ3) is 5.62. The summed E-state index contributed by atoms with van der Waals surface area (Å²) in [6.45, 7) is 1.06. The maximum Gasteiger partial charge on any atom is 0.407 e. The van der Waals surface area contributed by atoms with E-state index in [-0.39, 0.29) is 29.4 Å². The Kier molecular flexibility index (Phi) is 6.88. The van der Waals surface area contributed by atoms with Crippen LogP contribution in [0.2, 0.25) is 0 Å².